The van der Waals surface area contributed by atoms with Gasteiger partial charge in [0.25, 0.3) is 0 Å². The lowest BCUT2D eigenvalue weighted by Crippen LogP contribution is -2.51. The summed E-state index contributed by atoms with van der Waals surface area (Å²) in [6.07, 6.45) is 6.32. The number of likely N-dealkylation sites (N-methyl/N-ethyl adjacent to an activating group) is 2. The summed E-state index contributed by atoms with van der Waals surface area (Å²) in [4.78, 5) is 37.0. The van der Waals surface area contributed by atoms with Crippen molar-refractivity contribution in [1.82, 2.24) is 25.1 Å². The lowest BCUT2D eigenvalue weighted by molar-refractivity contribution is -0.135. The van der Waals surface area contributed by atoms with Gasteiger partial charge in [-0.3, -0.25) is 9.59 Å². The predicted octanol–water partition coefficient (Wildman–Crippen LogP) is 2.62. The van der Waals surface area contributed by atoms with Crippen LogP contribution >= 0.6 is 0 Å². The van der Waals surface area contributed by atoms with Crippen LogP contribution in [-0.4, -0.2) is 85.5 Å². The molecule has 1 aliphatic carbocycles. The smallest absolute Gasteiger partial charge is 0.246 e. The minimum absolute atomic E-state index is 0.0172. The van der Waals surface area contributed by atoms with Crippen LogP contribution in [0, 0.1) is 23.6 Å². The molecular weight excluding hydrogens is 501 g/mol. The van der Waals surface area contributed by atoms with Crippen molar-refractivity contribution in [2.24, 2.45) is 5.92 Å². The van der Waals surface area contributed by atoms with Gasteiger partial charge in [0.15, 0.2) is 11.6 Å². The third-order valence-corrected chi connectivity index (χ3v) is 6.37. The normalized spacial score (nSPS) is 17.0. The van der Waals surface area contributed by atoms with Crippen LogP contribution in [0.4, 0.5) is 21.8 Å². The number of carbonyl (C=O) groups is 2. The number of methoxy groups -OCH3 is 1. The van der Waals surface area contributed by atoms with E-state index in [-0.39, 0.29) is 29.5 Å². The number of ether oxygens (including phenoxy) is 1. The van der Waals surface area contributed by atoms with Crippen LogP contribution in [0.2, 0.25) is 0 Å². The fraction of sp³-hybridized carbons (Fsp3) is 0.429. The molecule has 208 valence electrons. The fourth-order valence-electron chi connectivity index (χ4n) is 3.80. The SMILES string of the molecule is CNc1nc(Nc2ccc(OC)c(F)c2)ncc1C#CC1CC(NC(=O)[C@H](C)N(C)C(=O)/C=C/CN(C)C)C1. The summed E-state index contributed by atoms with van der Waals surface area (Å²) in [6.45, 7) is 2.37. The van der Waals surface area contributed by atoms with Gasteiger partial charge in [-0.2, -0.15) is 4.98 Å². The van der Waals surface area contributed by atoms with Gasteiger partial charge in [0.2, 0.25) is 17.8 Å². The average molecular weight is 538 g/mol. The standard InChI is InChI=1S/C28H36FN7O3/c1-18(36(5)25(37)8-7-13-35(3)4)27(38)32-22-14-19(15-22)9-10-20-17-31-28(34-26(20)30-2)33-21-11-12-24(39-6)23(29)16-21/h7-8,11-12,16-19,22H,13-15H2,1-6H3,(H,32,38)(H2,30,31,33,34)/b8-7+/t18-,19?,22?/m0/s1. The number of nitrogens with one attached hydrogen (secondary N) is 3. The van der Waals surface area contributed by atoms with Crippen LogP contribution in [0.5, 0.6) is 5.75 Å². The number of carbonyl (C=O) groups excluding carboxylic acids is 2. The van der Waals surface area contributed by atoms with Crippen molar-refractivity contribution in [2.75, 3.05) is 52.5 Å². The molecule has 1 fully saturated rings. The third kappa shape index (κ3) is 8.15. The molecule has 3 rings (SSSR count). The molecule has 0 radical (unpaired) electrons. The van der Waals surface area contributed by atoms with Gasteiger partial charge in [-0.05, 0) is 46.0 Å². The Kier molecular flexibility index (Phi) is 10.2. The van der Waals surface area contributed by atoms with Gasteiger partial charge < -0.3 is 30.5 Å². The number of hydrogen-bond acceptors (Lipinski definition) is 8. The summed E-state index contributed by atoms with van der Waals surface area (Å²) in [5, 5.41) is 8.99. The molecule has 3 N–H and O–H groups in total. The molecule has 39 heavy (non-hydrogen) atoms. The Morgan fingerprint density at radius 3 is 2.67 bits per heavy atom. The van der Waals surface area contributed by atoms with Crippen LogP contribution in [0.1, 0.15) is 25.3 Å². The molecule has 1 aliphatic rings. The molecule has 2 amide bonds. The van der Waals surface area contributed by atoms with Crippen molar-refractivity contribution in [1.29, 1.82) is 0 Å². The van der Waals surface area contributed by atoms with Gasteiger partial charge in [0.1, 0.15) is 11.9 Å². The van der Waals surface area contributed by atoms with E-state index in [0.29, 0.717) is 29.6 Å². The van der Waals surface area contributed by atoms with Gasteiger partial charge >= 0.3 is 0 Å². The lowest BCUT2D eigenvalue weighted by atomic mass is 9.80. The number of anilines is 3. The Morgan fingerprint density at radius 2 is 2.03 bits per heavy atom. The fourth-order valence-corrected chi connectivity index (χ4v) is 3.80. The van der Waals surface area contributed by atoms with Crippen LogP contribution < -0.4 is 20.7 Å². The summed E-state index contributed by atoms with van der Waals surface area (Å²) in [5.41, 5.74) is 1.12. The lowest BCUT2D eigenvalue weighted by Gasteiger charge is -2.34. The zero-order chi connectivity index (χ0) is 28.5. The Morgan fingerprint density at radius 1 is 1.28 bits per heavy atom. The summed E-state index contributed by atoms with van der Waals surface area (Å²) < 4.78 is 18.9. The van der Waals surface area contributed by atoms with E-state index in [1.54, 1.807) is 39.4 Å². The minimum atomic E-state index is -0.580. The largest absolute Gasteiger partial charge is 0.494 e. The maximum absolute atomic E-state index is 14.0. The molecule has 1 aromatic carbocycles. The second-order valence-corrected chi connectivity index (χ2v) is 9.61. The topological polar surface area (TPSA) is 112 Å². The van der Waals surface area contributed by atoms with Crippen LogP contribution in [0.15, 0.2) is 36.5 Å². The number of benzene rings is 1. The first-order chi connectivity index (χ1) is 18.6. The van der Waals surface area contributed by atoms with Gasteiger partial charge in [0, 0.05) is 50.4 Å². The van der Waals surface area contributed by atoms with E-state index in [1.165, 1.54) is 30.2 Å². The van der Waals surface area contributed by atoms with Crippen LogP contribution in [0.3, 0.4) is 0 Å². The average Bonchev–Trinajstić information content (AvgIpc) is 2.89. The highest BCUT2D eigenvalue weighted by molar-refractivity contribution is 5.92. The molecule has 10 nitrogen and oxygen atoms in total. The number of halogens is 1. The molecule has 1 atom stereocenters. The van der Waals surface area contributed by atoms with Gasteiger partial charge in [-0.1, -0.05) is 17.9 Å². The Labute approximate surface area is 229 Å². The quantitative estimate of drug-likeness (QED) is 0.313. The molecule has 11 heteroatoms. The molecule has 1 saturated carbocycles. The van der Waals surface area contributed by atoms with E-state index >= 15 is 0 Å². The summed E-state index contributed by atoms with van der Waals surface area (Å²) in [5.74, 6) is 6.58. The number of nitrogens with zero attached hydrogens (tertiary/aromatic N) is 4. The predicted molar refractivity (Wildman–Crippen MR) is 149 cm³/mol. The van der Waals surface area contributed by atoms with E-state index in [0.717, 1.165) is 12.8 Å². The molecule has 2 aromatic rings. The zero-order valence-electron chi connectivity index (χ0n) is 23.2. The first kappa shape index (κ1) is 29.4. The van der Waals surface area contributed by atoms with Crippen molar-refractivity contribution in [3.05, 3.63) is 47.9 Å². The van der Waals surface area contributed by atoms with Crippen molar-refractivity contribution in [2.45, 2.75) is 31.8 Å². The van der Waals surface area contributed by atoms with E-state index in [2.05, 4.69) is 37.8 Å². The molecule has 0 spiro atoms. The molecule has 0 unspecified atom stereocenters. The van der Waals surface area contributed by atoms with Gasteiger partial charge in [-0.15, -0.1) is 0 Å². The van der Waals surface area contributed by atoms with Crippen molar-refractivity contribution < 1.29 is 18.7 Å². The van der Waals surface area contributed by atoms with E-state index < -0.39 is 11.9 Å². The number of amides is 2. The summed E-state index contributed by atoms with van der Waals surface area (Å²) in [7, 11) is 8.60. The van der Waals surface area contributed by atoms with Crippen molar-refractivity contribution in [3.8, 4) is 17.6 Å². The second kappa shape index (κ2) is 13.6. The molecule has 0 saturated heterocycles. The highest BCUT2D eigenvalue weighted by Crippen LogP contribution is 2.27. The number of rotatable bonds is 10. The highest BCUT2D eigenvalue weighted by Gasteiger charge is 2.31. The molecule has 1 heterocycles. The van der Waals surface area contributed by atoms with E-state index in [4.69, 9.17) is 4.74 Å². The molecule has 0 bridgehead atoms. The third-order valence-electron chi connectivity index (χ3n) is 6.37. The van der Waals surface area contributed by atoms with Gasteiger partial charge in [-0.25, -0.2) is 9.37 Å². The molecule has 0 aliphatic heterocycles. The number of aromatic nitrogens is 2. The van der Waals surface area contributed by atoms with E-state index in [1.807, 2.05) is 19.0 Å². The first-order valence-electron chi connectivity index (χ1n) is 12.7. The Hall–Kier alpha value is -4.17. The van der Waals surface area contributed by atoms with Crippen molar-refractivity contribution >= 4 is 29.3 Å². The highest BCUT2D eigenvalue weighted by atomic mass is 19.1. The van der Waals surface area contributed by atoms with Crippen LogP contribution in [-0.2, 0) is 9.59 Å². The maximum Gasteiger partial charge on any atom is 0.246 e. The zero-order valence-corrected chi connectivity index (χ0v) is 23.2. The molecule has 1 aromatic heterocycles. The summed E-state index contributed by atoms with van der Waals surface area (Å²) >= 11 is 0. The Balaban J connectivity index is 1.51. The monoisotopic (exact) mass is 537 g/mol. The minimum Gasteiger partial charge on any atom is -0.494 e. The Bertz CT molecular complexity index is 1270. The van der Waals surface area contributed by atoms with Crippen LogP contribution in [0.25, 0.3) is 0 Å². The number of hydrogen-bond donors (Lipinski definition) is 3. The van der Waals surface area contributed by atoms with Crippen molar-refractivity contribution in [3.63, 3.8) is 0 Å². The maximum atomic E-state index is 14.0. The van der Waals surface area contributed by atoms with E-state index in [9.17, 15) is 14.0 Å². The summed E-state index contributed by atoms with van der Waals surface area (Å²) in [6, 6.07) is 3.94. The molecular formula is C28H36FN7O3. The second-order valence-electron chi connectivity index (χ2n) is 9.61. The van der Waals surface area contributed by atoms with Gasteiger partial charge in [0.05, 0.1) is 18.9 Å². The first-order valence-corrected chi connectivity index (χ1v) is 12.7.